The summed E-state index contributed by atoms with van der Waals surface area (Å²) in [5.74, 6) is 0.769. The summed E-state index contributed by atoms with van der Waals surface area (Å²) in [5, 5.41) is 4.25. The number of hydrogen-bond donors (Lipinski definition) is 0. The lowest BCUT2D eigenvalue weighted by Crippen LogP contribution is -2.38. The maximum Gasteiger partial charge on any atom is 0.268 e. The maximum atomic E-state index is 12.1. The molecule has 0 radical (unpaired) electrons. The van der Waals surface area contributed by atoms with Crippen LogP contribution < -0.4 is 10.5 Å². The molecular weight excluding hydrogens is 278 g/mol. The number of anilines is 1. The van der Waals surface area contributed by atoms with Gasteiger partial charge < -0.3 is 9.64 Å². The second-order valence-electron chi connectivity index (χ2n) is 5.42. The molecule has 1 aromatic rings. The van der Waals surface area contributed by atoms with Crippen molar-refractivity contribution in [3.63, 3.8) is 0 Å². The molecule has 6 heteroatoms. The third kappa shape index (κ3) is 3.73. The monoisotopic (exact) mass is 299 g/mol. The quantitative estimate of drug-likeness (QED) is 0.777. The van der Waals surface area contributed by atoms with E-state index in [9.17, 15) is 4.79 Å². The summed E-state index contributed by atoms with van der Waals surface area (Å²) >= 11 is 5.77. The first-order valence-corrected chi connectivity index (χ1v) is 7.58. The number of ether oxygens (including phenoxy) is 1. The molecule has 0 spiro atoms. The number of rotatable bonds is 5. The smallest absolute Gasteiger partial charge is 0.268 e. The number of nitrogens with zero attached hydrogens (tertiary/aromatic N) is 3. The molecule has 0 aliphatic carbocycles. The van der Waals surface area contributed by atoms with E-state index >= 15 is 0 Å². The van der Waals surface area contributed by atoms with Gasteiger partial charge in [-0.05, 0) is 18.8 Å². The predicted octanol–water partition coefficient (Wildman–Crippen LogP) is 1.73. The summed E-state index contributed by atoms with van der Waals surface area (Å²) in [6.07, 6.45) is 4.09. The van der Waals surface area contributed by atoms with Gasteiger partial charge in [0.05, 0.1) is 18.0 Å². The minimum Gasteiger partial charge on any atom is -0.381 e. The average molecular weight is 300 g/mol. The summed E-state index contributed by atoms with van der Waals surface area (Å²) in [5.41, 5.74) is 0.840. The van der Waals surface area contributed by atoms with Crippen molar-refractivity contribution in [1.29, 1.82) is 0 Å². The third-order valence-corrected chi connectivity index (χ3v) is 4.27. The minimum atomic E-state index is -0.0617. The Balaban J connectivity index is 2.04. The van der Waals surface area contributed by atoms with Gasteiger partial charge in [-0.1, -0.05) is 6.92 Å². The molecule has 1 unspecified atom stereocenters. The number of methoxy groups -OCH3 is 1. The lowest BCUT2D eigenvalue weighted by molar-refractivity contribution is 0.0819. The molecule has 1 atom stereocenters. The topological polar surface area (TPSA) is 47.4 Å². The predicted molar refractivity (Wildman–Crippen MR) is 80.6 cm³/mol. The van der Waals surface area contributed by atoms with Crippen LogP contribution in [0, 0.1) is 5.92 Å². The third-order valence-electron chi connectivity index (χ3n) is 3.74. The molecule has 1 fully saturated rings. The summed E-state index contributed by atoms with van der Waals surface area (Å²) in [4.78, 5) is 14.3. The summed E-state index contributed by atoms with van der Waals surface area (Å²) in [6.45, 7) is 4.38. The largest absolute Gasteiger partial charge is 0.381 e. The Labute approximate surface area is 124 Å². The van der Waals surface area contributed by atoms with Crippen LogP contribution in [-0.4, -0.2) is 42.0 Å². The van der Waals surface area contributed by atoms with Crippen LogP contribution in [0.4, 0.5) is 5.69 Å². The summed E-state index contributed by atoms with van der Waals surface area (Å²) in [6, 6.07) is 1.67. The molecule has 2 heterocycles. The molecule has 0 saturated carbocycles. The number of piperidine rings is 1. The molecule has 5 nitrogen and oxygen atoms in total. The molecule has 0 bridgehead atoms. The molecule has 1 saturated heterocycles. The first-order chi connectivity index (χ1) is 9.63. The molecule has 0 N–H and O–H groups in total. The van der Waals surface area contributed by atoms with Crippen molar-refractivity contribution in [1.82, 2.24) is 9.78 Å². The lowest BCUT2D eigenvalue weighted by Gasteiger charge is -2.32. The number of alkyl halides is 1. The van der Waals surface area contributed by atoms with E-state index in [0.717, 1.165) is 31.6 Å². The highest BCUT2D eigenvalue weighted by Gasteiger charge is 2.19. The zero-order valence-corrected chi connectivity index (χ0v) is 12.8. The molecule has 112 valence electrons. The highest BCUT2D eigenvalue weighted by atomic mass is 35.5. The minimum absolute atomic E-state index is 0.0617. The van der Waals surface area contributed by atoms with Crippen molar-refractivity contribution in [3.05, 3.63) is 22.6 Å². The van der Waals surface area contributed by atoms with Crippen molar-refractivity contribution in [2.24, 2.45) is 5.92 Å². The van der Waals surface area contributed by atoms with Crippen molar-refractivity contribution >= 4 is 17.3 Å². The molecule has 0 amide bonds. The van der Waals surface area contributed by atoms with Gasteiger partial charge in [0.2, 0.25) is 0 Å². The van der Waals surface area contributed by atoms with Gasteiger partial charge in [0, 0.05) is 38.7 Å². The van der Waals surface area contributed by atoms with E-state index in [1.807, 2.05) is 6.92 Å². The van der Waals surface area contributed by atoms with Crippen LogP contribution in [0.2, 0.25) is 0 Å². The van der Waals surface area contributed by atoms with Crippen LogP contribution in [0.15, 0.2) is 17.1 Å². The van der Waals surface area contributed by atoms with Gasteiger partial charge in [-0.15, -0.1) is 11.6 Å². The molecular formula is C14H22ClN3O2. The van der Waals surface area contributed by atoms with Crippen molar-refractivity contribution in [2.45, 2.75) is 32.4 Å². The van der Waals surface area contributed by atoms with Crippen molar-refractivity contribution in [2.75, 3.05) is 31.0 Å². The van der Waals surface area contributed by atoms with Gasteiger partial charge in [-0.3, -0.25) is 4.79 Å². The SMILES string of the molecule is COC1CCN(c2cnn(CC(C)CCl)c(=O)c2)CC1. The lowest BCUT2D eigenvalue weighted by atomic mass is 10.1. The van der Waals surface area contributed by atoms with Gasteiger partial charge >= 0.3 is 0 Å². The molecule has 0 aromatic carbocycles. The second-order valence-corrected chi connectivity index (χ2v) is 5.72. The van der Waals surface area contributed by atoms with Gasteiger partial charge in [0.15, 0.2) is 0 Å². The van der Waals surface area contributed by atoms with Crippen molar-refractivity contribution in [3.8, 4) is 0 Å². The van der Waals surface area contributed by atoms with Gasteiger partial charge in [-0.25, -0.2) is 4.68 Å². The Bertz CT molecular complexity index is 484. The number of halogens is 1. The first-order valence-electron chi connectivity index (χ1n) is 7.05. The van der Waals surface area contributed by atoms with Crippen molar-refractivity contribution < 1.29 is 4.74 Å². The fraction of sp³-hybridized carbons (Fsp3) is 0.714. The molecule has 1 aromatic heterocycles. The van der Waals surface area contributed by atoms with E-state index < -0.39 is 0 Å². The van der Waals surface area contributed by atoms with Gasteiger partial charge in [-0.2, -0.15) is 5.10 Å². The average Bonchev–Trinajstić information content (AvgIpc) is 2.49. The highest BCUT2D eigenvalue weighted by Crippen LogP contribution is 2.19. The fourth-order valence-electron chi connectivity index (χ4n) is 2.43. The number of hydrogen-bond acceptors (Lipinski definition) is 4. The number of aromatic nitrogens is 2. The first kappa shape index (κ1) is 15.3. The zero-order valence-electron chi connectivity index (χ0n) is 12.1. The molecule has 20 heavy (non-hydrogen) atoms. The van der Waals surface area contributed by atoms with Crippen LogP contribution in [0.5, 0.6) is 0 Å². The van der Waals surface area contributed by atoms with Crippen LogP contribution in [0.1, 0.15) is 19.8 Å². The van der Waals surface area contributed by atoms with E-state index in [0.29, 0.717) is 18.5 Å². The summed E-state index contributed by atoms with van der Waals surface area (Å²) in [7, 11) is 1.75. The zero-order chi connectivity index (χ0) is 14.5. The normalized spacial score (nSPS) is 18.2. The van der Waals surface area contributed by atoms with Gasteiger partial charge in [0.25, 0.3) is 5.56 Å². The Morgan fingerprint density at radius 2 is 2.20 bits per heavy atom. The maximum absolute atomic E-state index is 12.1. The Hall–Kier alpha value is -1.07. The Kier molecular flexibility index (Phi) is 5.43. The standard InChI is InChI=1S/C14H22ClN3O2/c1-11(8-15)10-18-14(19)7-12(9-16-18)17-5-3-13(20-2)4-6-17/h7,9,11,13H,3-6,8,10H2,1-2H3. The second kappa shape index (κ2) is 7.09. The Morgan fingerprint density at radius 1 is 1.50 bits per heavy atom. The van der Waals surface area contributed by atoms with Crippen LogP contribution in [-0.2, 0) is 11.3 Å². The van der Waals surface area contributed by atoms with E-state index in [1.54, 1.807) is 19.4 Å². The van der Waals surface area contributed by atoms with Crippen LogP contribution in [0.3, 0.4) is 0 Å². The van der Waals surface area contributed by atoms with Crippen LogP contribution in [0.25, 0.3) is 0 Å². The Morgan fingerprint density at radius 3 is 2.75 bits per heavy atom. The molecule has 1 aliphatic rings. The van der Waals surface area contributed by atoms with Gasteiger partial charge in [0.1, 0.15) is 0 Å². The van der Waals surface area contributed by atoms with E-state index in [4.69, 9.17) is 16.3 Å². The van der Waals surface area contributed by atoms with Crippen LogP contribution >= 0.6 is 11.6 Å². The molecule has 2 rings (SSSR count). The van der Waals surface area contributed by atoms with E-state index in [-0.39, 0.29) is 11.5 Å². The van der Waals surface area contributed by atoms with E-state index in [1.165, 1.54) is 4.68 Å². The molecule has 1 aliphatic heterocycles. The van der Waals surface area contributed by atoms with E-state index in [2.05, 4.69) is 10.00 Å². The highest BCUT2D eigenvalue weighted by molar-refractivity contribution is 6.18. The summed E-state index contributed by atoms with van der Waals surface area (Å²) < 4.78 is 6.84. The fourth-order valence-corrected chi connectivity index (χ4v) is 2.53.